The van der Waals surface area contributed by atoms with Gasteiger partial charge in [-0.15, -0.1) is 0 Å². The van der Waals surface area contributed by atoms with Gasteiger partial charge in [-0.2, -0.15) is 0 Å². The summed E-state index contributed by atoms with van der Waals surface area (Å²) in [7, 11) is 0. The van der Waals surface area contributed by atoms with Crippen LogP contribution in [0.25, 0.3) is 0 Å². The molecule has 186 valence electrons. The van der Waals surface area contributed by atoms with Crippen molar-refractivity contribution >= 4 is 35.6 Å². The molecule has 1 rings (SSSR count). The Morgan fingerprint density at radius 1 is 1.00 bits per heavy atom. The Hall–Kier alpha value is -3.26. The molecule has 0 aromatic heterocycles. The topological polar surface area (TPSA) is 237 Å². The van der Waals surface area contributed by atoms with Gasteiger partial charge >= 0.3 is 17.9 Å². The van der Waals surface area contributed by atoms with E-state index in [1.165, 1.54) is 6.92 Å². The van der Waals surface area contributed by atoms with E-state index in [1.54, 1.807) is 0 Å². The number of nitrogens with one attached hydrogen (secondary N) is 2. The SMILES string of the molecule is CC(O)C(NC(=O)C1CCCN1C(=O)C(CCC(=O)O)NC(=O)C(N)CCC(=O)O)C(=O)O. The van der Waals surface area contributed by atoms with Crippen molar-refractivity contribution in [3.8, 4) is 0 Å². The van der Waals surface area contributed by atoms with Gasteiger partial charge in [-0.1, -0.05) is 0 Å². The lowest BCUT2D eigenvalue weighted by Gasteiger charge is -2.30. The Balaban J connectivity index is 2.96. The summed E-state index contributed by atoms with van der Waals surface area (Å²) in [4.78, 5) is 72.0. The van der Waals surface area contributed by atoms with Crippen molar-refractivity contribution in [2.24, 2.45) is 5.73 Å². The van der Waals surface area contributed by atoms with E-state index in [-0.39, 0.29) is 32.2 Å². The second kappa shape index (κ2) is 12.7. The summed E-state index contributed by atoms with van der Waals surface area (Å²) in [5, 5.41) is 40.9. The van der Waals surface area contributed by atoms with Crippen molar-refractivity contribution in [2.45, 2.75) is 75.7 Å². The summed E-state index contributed by atoms with van der Waals surface area (Å²) in [6.45, 7) is 1.29. The molecule has 3 amide bonds. The first kappa shape index (κ1) is 27.8. The van der Waals surface area contributed by atoms with Gasteiger partial charge in [-0.25, -0.2) is 4.79 Å². The van der Waals surface area contributed by atoms with Crippen molar-refractivity contribution in [2.75, 3.05) is 6.54 Å². The first-order valence-corrected chi connectivity index (χ1v) is 10.4. The molecule has 0 aromatic rings. The minimum Gasteiger partial charge on any atom is -0.481 e. The molecule has 0 bridgehead atoms. The van der Waals surface area contributed by atoms with E-state index >= 15 is 0 Å². The second-order valence-electron chi connectivity index (χ2n) is 7.79. The number of aliphatic carboxylic acids is 3. The van der Waals surface area contributed by atoms with Crippen LogP contribution in [0.15, 0.2) is 0 Å². The Morgan fingerprint density at radius 3 is 2.09 bits per heavy atom. The fourth-order valence-corrected chi connectivity index (χ4v) is 3.36. The lowest BCUT2D eigenvalue weighted by Crippen LogP contribution is -2.58. The Labute approximate surface area is 189 Å². The van der Waals surface area contributed by atoms with Crippen molar-refractivity contribution in [3.05, 3.63) is 0 Å². The highest BCUT2D eigenvalue weighted by atomic mass is 16.4. The third-order valence-electron chi connectivity index (χ3n) is 5.15. The molecule has 0 saturated carbocycles. The third-order valence-corrected chi connectivity index (χ3v) is 5.15. The van der Waals surface area contributed by atoms with Crippen LogP contribution in [0.3, 0.4) is 0 Å². The van der Waals surface area contributed by atoms with E-state index in [1.807, 2.05) is 0 Å². The molecule has 1 heterocycles. The Kier molecular flexibility index (Phi) is 10.7. The number of nitrogens with zero attached hydrogens (tertiary/aromatic N) is 1. The van der Waals surface area contributed by atoms with Gasteiger partial charge in [0.1, 0.15) is 12.1 Å². The zero-order valence-corrected chi connectivity index (χ0v) is 18.1. The third kappa shape index (κ3) is 8.65. The zero-order chi connectivity index (χ0) is 25.3. The molecule has 0 aliphatic carbocycles. The van der Waals surface area contributed by atoms with Crippen LogP contribution in [0.1, 0.15) is 45.4 Å². The number of rotatable bonds is 13. The first-order chi connectivity index (χ1) is 15.3. The molecule has 8 N–H and O–H groups in total. The van der Waals surface area contributed by atoms with E-state index in [0.29, 0.717) is 6.42 Å². The maximum absolute atomic E-state index is 13.1. The van der Waals surface area contributed by atoms with Crippen LogP contribution < -0.4 is 16.4 Å². The summed E-state index contributed by atoms with van der Waals surface area (Å²) in [6, 6.07) is -5.26. The van der Waals surface area contributed by atoms with Crippen molar-refractivity contribution < 1.29 is 49.2 Å². The number of carbonyl (C=O) groups is 6. The summed E-state index contributed by atoms with van der Waals surface area (Å²) >= 11 is 0. The average molecular weight is 474 g/mol. The molecule has 14 nitrogen and oxygen atoms in total. The van der Waals surface area contributed by atoms with Crippen LogP contribution in [0.2, 0.25) is 0 Å². The predicted octanol–water partition coefficient (Wildman–Crippen LogP) is -2.53. The number of hydrogen-bond acceptors (Lipinski definition) is 8. The highest BCUT2D eigenvalue weighted by Gasteiger charge is 2.39. The largest absolute Gasteiger partial charge is 0.481 e. The summed E-state index contributed by atoms with van der Waals surface area (Å²) in [6.07, 6.45) is -2.17. The normalized spacial score (nSPS) is 19.1. The fourth-order valence-electron chi connectivity index (χ4n) is 3.36. The van der Waals surface area contributed by atoms with E-state index in [4.69, 9.17) is 21.1 Å². The quantitative estimate of drug-likeness (QED) is 0.147. The van der Waals surface area contributed by atoms with Gasteiger partial charge in [-0.05, 0) is 32.6 Å². The van der Waals surface area contributed by atoms with E-state index < -0.39 is 72.3 Å². The molecular weight excluding hydrogens is 444 g/mol. The number of carboxylic acids is 3. The van der Waals surface area contributed by atoms with Gasteiger partial charge < -0.3 is 41.7 Å². The molecule has 5 unspecified atom stereocenters. The van der Waals surface area contributed by atoms with Crippen LogP contribution in [0.4, 0.5) is 0 Å². The smallest absolute Gasteiger partial charge is 0.328 e. The van der Waals surface area contributed by atoms with Gasteiger partial charge in [0, 0.05) is 19.4 Å². The van der Waals surface area contributed by atoms with Crippen LogP contribution >= 0.6 is 0 Å². The molecule has 1 aliphatic heterocycles. The van der Waals surface area contributed by atoms with Gasteiger partial charge in [-0.3, -0.25) is 24.0 Å². The van der Waals surface area contributed by atoms with Crippen LogP contribution in [-0.2, 0) is 28.8 Å². The number of amides is 3. The molecule has 5 atom stereocenters. The molecule has 0 spiro atoms. The lowest BCUT2D eigenvalue weighted by molar-refractivity contribution is -0.147. The van der Waals surface area contributed by atoms with Crippen LogP contribution in [-0.4, -0.2) is 97.8 Å². The number of carbonyl (C=O) groups excluding carboxylic acids is 3. The van der Waals surface area contributed by atoms with Crippen molar-refractivity contribution in [1.29, 1.82) is 0 Å². The molecule has 33 heavy (non-hydrogen) atoms. The Morgan fingerprint density at radius 2 is 1.58 bits per heavy atom. The van der Waals surface area contributed by atoms with Gasteiger partial charge in [0.05, 0.1) is 12.1 Å². The molecule has 1 saturated heterocycles. The van der Waals surface area contributed by atoms with Gasteiger partial charge in [0.15, 0.2) is 6.04 Å². The monoisotopic (exact) mass is 474 g/mol. The molecule has 1 aliphatic rings. The lowest BCUT2D eigenvalue weighted by atomic mass is 10.1. The number of aliphatic hydroxyl groups excluding tert-OH is 1. The maximum atomic E-state index is 13.1. The number of likely N-dealkylation sites (tertiary alicyclic amines) is 1. The second-order valence-corrected chi connectivity index (χ2v) is 7.79. The minimum absolute atomic E-state index is 0.105. The maximum Gasteiger partial charge on any atom is 0.328 e. The fraction of sp³-hybridized carbons (Fsp3) is 0.684. The highest BCUT2D eigenvalue weighted by molar-refractivity contribution is 5.94. The van der Waals surface area contributed by atoms with E-state index in [2.05, 4.69) is 10.6 Å². The number of hydrogen-bond donors (Lipinski definition) is 7. The minimum atomic E-state index is -1.59. The van der Waals surface area contributed by atoms with Crippen molar-refractivity contribution in [3.63, 3.8) is 0 Å². The molecule has 14 heteroatoms. The van der Waals surface area contributed by atoms with Gasteiger partial charge in [0.2, 0.25) is 17.7 Å². The summed E-state index contributed by atoms with van der Waals surface area (Å²) in [5.41, 5.74) is 5.65. The first-order valence-electron chi connectivity index (χ1n) is 10.4. The predicted molar refractivity (Wildman–Crippen MR) is 110 cm³/mol. The molecular formula is C19H30N4O10. The molecule has 0 aromatic carbocycles. The van der Waals surface area contributed by atoms with Crippen LogP contribution in [0, 0.1) is 0 Å². The van der Waals surface area contributed by atoms with Crippen molar-refractivity contribution in [1.82, 2.24) is 15.5 Å². The average Bonchev–Trinajstić information content (AvgIpc) is 3.21. The number of aliphatic hydroxyl groups is 1. The van der Waals surface area contributed by atoms with Gasteiger partial charge in [0.25, 0.3) is 0 Å². The highest BCUT2D eigenvalue weighted by Crippen LogP contribution is 2.20. The molecule has 0 radical (unpaired) electrons. The van der Waals surface area contributed by atoms with Crippen LogP contribution in [0.5, 0.6) is 0 Å². The standard InChI is InChI=1S/C19H30N4O10/c1-9(24)15(19(32)33)22-17(30)12-3-2-8-23(12)18(31)11(5-7-14(27)28)21-16(29)10(20)4-6-13(25)26/h9-12,15,24H,2-8,20H2,1H3,(H,21,29)(H,22,30)(H,25,26)(H,27,28)(H,32,33). The van der Waals surface area contributed by atoms with E-state index in [9.17, 15) is 33.9 Å². The molecule has 1 fully saturated rings. The summed E-state index contributed by atoms with van der Waals surface area (Å²) in [5.74, 6) is -6.27. The zero-order valence-electron chi connectivity index (χ0n) is 18.1. The Bertz CT molecular complexity index is 772. The number of nitrogens with two attached hydrogens (primary N) is 1. The summed E-state index contributed by atoms with van der Waals surface area (Å²) < 4.78 is 0. The number of carboxylic acid groups (broad SMARTS) is 3. The van der Waals surface area contributed by atoms with E-state index in [0.717, 1.165) is 4.90 Å².